The Morgan fingerprint density at radius 1 is 1.00 bits per heavy atom. The highest BCUT2D eigenvalue weighted by Gasteiger charge is 2.74. The summed E-state index contributed by atoms with van der Waals surface area (Å²) in [5.41, 5.74) is -0.831. The van der Waals surface area contributed by atoms with Crippen LogP contribution in [0, 0.1) is 52.3 Å². The molecule has 0 saturated heterocycles. The molecule has 4 aliphatic rings. The van der Waals surface area contributed by atoms with E-state index in [9.17, 15) is 9.90 Å². The maximum Gasteiger partial charge on any atom is 0.192 e. The number of fused-ring (bicyclic) bond motifs is 5. The van der Waals surface area contributed by atoms with Crippen LogP contribution in [0.3, 0.4) is 0 Å². The van der Waals surface area contributed by atoms with Gasteiger partial charge in [-0.05, 0) is 105 Å². The van der Waals surface area contributed by atoms with Crippen LogP contribution in [0.4, 0.5) is 0 Å². The van der Waals surface area contributed by atoms with Crippen molar-refractivity contribution in [2.75, 3.05) is 14.2 Å². The lowest BCUT2D eigenvalue weighted by molar-refractivity contribution is -0.225. The largest absolute Gasteiger partial charge is 0.414 e. The molecule has 0 aromatic heterocycles. The van der Waals surface area contributed by atoms with Crippen LogP contribution in [0.15, 0.2) is 0 Å². The lowest BCUT2D eigenvalue weighted by Gasteiger charge is -2.54. The molecular weight excluding hydrogens is 540 g/mol. The van der Waals surface area contributed by atoms with Gasteiger partial charge in [0.05, 0.1) is 5.60 Å². The van der Waals surface area contributed by atoms with E-state index in [1.165, 1.54) is 19.3 Å². The third-order valence-corrected chi connectivity index (χ3v) is 19.0. The maximum atomic E-state index is 13.1. The number of Topliss-reactive ketones (excluding diaryl/α,β-unsaturated/α-hetero) is 1. The Morgan fingerprint density at radius 3 is 2.21 bits per heavy atom. The normalized spacial score (nSPS) is 41.8. The molecule has 0 radical (unpaired) electrons. The van der Waals surface area contributed by atoms with Crippen LogP contribution in [-0.2, 0) is 18.7 Å². The fourth-order valence-corrected chi connectivity index (χ4v) is 12.0. The van der Waals surface area contributed by atoms with Gasteiger partial charge < -0.3 is 19.0 Å². The Kier molecular flexibility index (Phi) is 10.0. The van der Waals surface area contributed by atoms with E-state index in [1.807, 2.05) is 0 Å². The smallest absolute Gasteiger partial charge is 0.192 e. The number of carbonyl (C=O) groups excluding carboxylic acids is 1. The van der Waals surface area contributed by atoms with Gasteiger partial charge in [0.2, 0.25) is 0 Å². The van der Waals surface area contributed by atoms with Crippen molar-refractivity contribution >= 4 is 14.1 Å². The maximum absolute atomic E-state index is 13.1. The monoisotopic (exact) mass is 606 g/mol. The third kappa shape index (κ3) is 5.54. The van der Waals surface area contributed by atoms with Crippen molar-refractivity contribution in [1.82, 2.24) is 0 Å². The Balaban J connectivity index is 1.64. The lowest BCUT2D eigenvalue weighted by Crippen LogP contribution is -2.58. The number of hydrogen-bond donors (Lipinski definition) is 1. The summed E-state index contributed by atoms with van der Waals surface area (Å²) in [6, 6.07) is 0. The molecule has 6 heteroatoms. The van der Waals surface area contributed by atoms with E-state index in [2.05, 4.69) is 68.5 Å². The summed E-state index contributed by atoms with van der Waals surface area (Å²) in [5, 5.41) is 13.2. The zero-order valence-electron chi connectivity index (χ0n) is 29.3. The van der Waals surface area contributed by atoms with Crippen LogP contribution in [0.25, 0.3) is 0 Å². The average Bonchev–Trinajstić information content (AvgIpc) is 3.36. The molecule has 0 amide bonds. The van der Waals surface area contributed by atoms with Crippen molar-refractivity contribution in [2.24, 2.45) is 52.3 Å². The SMILES string of the molecule is CC[C@H](C)C(=O)CC[C@@H](C)[C@H]1CCC2C3C(CC[C@@]21C)[C@@]1(C)CC[C@H](O[Si](C)(C)C(C)(C)C)C[C@@]1(O)[C@@H]3C(OC)OC. The Labute approximate surface area is 259 Å². The van der Waals surface area contributed by atoms with Crippen LogP contribution in [-0.4, -0.2) is 51.4 Å². The summed E-state index contributed by atoms with van der Waals surface area (Å²) in [5.74, 6) is 3.07. The molecule has 244 valence electrons. The summed E-state index contributed by atoms with van der Waals surface area (Å²) in [4.78, 5) is 12.7. The summed E-state index contributed by atoms with van der Waals surface area (Å²) in [6.07, 6.45) is 9.82. The van der Waals surface area contributed by atoms with E-state index in [1.54, 1.807) is 14.2 Å². The van der Waals surface area contributed by atoms with Crippen molar-refractivity contribution in [1.29, 1.82) is 0 Å². The van der Waals surface area contributed by atoms with E-state index in [0.717, 1.165) is 32.1 Å². The van der Waals surface area contributed by atoms with Gasteiger partial charge in [-0.2, -0.15) is 0 Å². The predicted molar refractivity (Wildman–Crippen MR) is 174 cm³/mol. The van der Waals surface area contributed by atoms with Gasteiger partial charge in [-0.25, -0.2) is 0 Å². The summed E-state index contributed by atoms with van der Waals surface area (Å²) in [7, 11) is 1.53. The lowest BCUT2D eigenvalue weighted by atomic mass is 9.53. The van der Waals surface area contributed by atoms with Gasteiger partial charge in [-0.3, -0.25) is 4.79 Å². The average molecular weight is 607 g/mol. The van der Waals surface area contributed by atoms with E-state index in [0.29, 0.717) is 48.2 Å². The van der Waals surface area contributed by atoms with Crippen LogP contribution >= 0.6 is 0 Å². The number of ether oxygens (including phenoxy) is 2. The Morgan fingerprint density at radius 2 is 1.64 bits per heavy atom. The standard InChI is InChI=1S/C36H66O5Si/c1-13-23(2)29(37)17-14-24(3)26-15-16-27-30-28(19-20-34(26,27)7)35(8)21-18-25(41-42(11,12)33(4,5)6)22-36(35,38)31(30)32(39-9)40-10/h23-28,30-32,38H,13-22H2,1-12H3/t23-,24+,25-,26+,27?,28?,30?,31-,34+,35+,36+/m0/s1. The molecule has 42 heavy (non-hydrogen) atoms. The molecule has 0 aromatic carbocycles. The molecule has 3 unspecified atom stereocenters. The first-order chi connectivity index (χ1) is 19.4. The van der Waals surface area contributed by atoms with Gasteiger partial charge in [0, 0.05) is 50.4 Å². The van der Waals surface area contributed by atoms with Crippen LogP contribution in [0.5, 0.6) is 0 Å². The highest BCUT2D eigenvalue weighted by molar-refractivity contribution is 6.74. The van der Waals surface area contributed by atoms with Crippen molar-refractivity contribution in [3.63, 3.8) is 0 Å². The number of rotatable bonds is 11. The fraction of sp³-hybridized carbons (Fsp3) is 0.972. The molecule has 4 fully saturated rings. The highest BCUT2D eigenvalue weighted by atomic mass is 28.4. The van der Waals surface area contributed by atoms with Crippen LogP contribution < -0.4 is 0 Å². The Hall–Kier alpha value is -0.273. The van der Waals surface area contributed by atoms with Gasteiger partial charge >= 0.3 is 0 Å². The summed E-state index contributed by atoms with van der Waals surface area (Å²) < 4.78 is 19.2. The molecular formula is C36H66O5Si. The first-order valence-corrected chi connectivity index (χ1v) is 20.3. The quantitative estimate of drug-likeness (QED) is 0.188. The van der Waals surface area contributed by atoms with E-state index in [-0.39, 0.29) is 33.8 Å². The molecule has 4 saturated carbocycles. The minimum Gasteiger partial charge on any atom is -0.414 e. The minimum atomic E-state index is -1.98. The molecule has 0 aliphatic heterocycles. The van der Waals surface area contributed by atoms with E-state index >= 15 is 0 Å². The van der Waals surface area contributed by atoms with Crippen molar-refractivity contribution in [3.05, 3.63) is 0 Å². The second kappa shape index (κ2) is 12.2. The van der Waals surface area contributed by atoms with E-state index < -0.39 is 20.2 Å². The van der Waals surface area contributed by atoms with Crippen molar-refractivity contribution in [2.45, 2.75) is 156 Å². The molecule has 4 rings (SSSR count). The number of methoxy groups -OCH3 is 2. The second-order valence-electron chi connectivity index (χ2n) is 17.3. The second-order valence-corrected chi connectivity index (χ2v) is 22.0. The number of hydrogen-bond acceptors (Lipinski definition) is 5. The predicted octanol–water partition coefficient (Wildman–Crippen LogP) is 8.64. The van der Waals surface area contributed by atoms with Gasteiger partial charge in [-0.15, -0.1) is 0 Å². The fourth-order valence-electron chi connectivity index (χ4n) is 10.7. The molecule has 0 spiro atoms. The molecule has 4 aliphatic carbocycles. The number of ketones is 1. The Bertz CT molecular complexity index is 957. The first kappa shape index (κ1) is 34.6. The van der Waals surface area contributed by atoms with Gasteiger partial charge in [-0.1, -0.05) is 55.4 Å². The molecule has 11 atom stereocenters. The molecule has 0 bridgehead atoms. The van der Waals surface area contributed by atoms with Gasteiger partial charge in [0.15, 0.2) is 14.6 Å². The van der Waals surface area contributed by atoms with Crippen LogP contribution in [0.2, 0.25) is 18.1 Å². The van der Waals surface area contributed by atoms with Gasteiger partial charge in [0.25, 0.3) is 0 Å². The zero-order chi connectivity index (χ0) is 31.5. The van der Waals surface area contributed by atoms with Gasteiger partial charge in [0.1, 0.15) is 5.78 Å². The highest BCUT2D eigenvalue weighted by Crippen LogP contribution is 2.74. The minimum absolute atomic E-state index is 0.0704. The number of carbonyl (C=O) groups is 1. The zero-order valence-corrected chi connectivity index (χ0v) is 30.3. The number of aliphatic hydroxyl groups is 1. The van der Waals surface area contributed by atoms with Crippen molar-refractivity contribution in [3.8, 4) is 0 Å². The van der Waals surface area contributed by atoms with E-state index in [4.69, 9.17) is 13.9 Å². The third-order valence-electron chi connectivity index (χ3n) is 14.4. The molecule has 1 N–H and O–H groups in total. The summed E-state index contributed by atoms with van der Waals surface area (Å²) >= 11 is 0. The van der Waals surface area contributed by atoms with Crippen molar-refractivity contribution < 1.29 is 23.8 Å². The molecule has 0 aromatic rings. The first-order valence-electron chi connectivity index (χ1n) is 17.4. The van der Waals surface area contributed by atoms with Crippen LogP contribution in [0.1, 0.15) is 120 Å². The summed E-state index contributed by atoms with van der Waals surface area (Å²) in [6.45, 7) is 23.1. The topological polar surface area (TPSA) is 65.0 Å². The molecule has 5 nitrogen and oxygen atoms in total. The molecule has 0 heterocycles.